The van der Waals surface area contributed by atoms with Crippen LogP contribution in [0.4, 0.5) is 0 Å². The van der Waals surface area contributed by atoms with Crippen LogP contribution < -0.4 is 0 Å². The van der Waals surface area contributed by atoms with Gasteiger partial charge in [0, 0.05) is 24.0 Å². The molecule has 2 atom stereocenters. The summed E-state index contributed by atoms with van der Waals surface area (Å²) in [4.78, 5) is 0. The molecule has 0 N–H and O–H groups in total. The summed E-state index contributed by atoms with van der Waals surface area (Å²) in [5, 5.41) is 0. The van der Waals surface area contributed by atoms with E-state index in [1.165, 1.54) is 23.3 Å². The van der Waals surface area contributed by atoms with Gasteiger partial charge in [0.1, 0.15) is 7.05 Å². The van der Waals surface area contributed by atoms with Crippen LogP contribution >= 0.6 is 0 Å². The van der Waals surface area contributed by atoms with Gasteiger partial charge < -0.3 is 0 Å². The third-order valence-electron chi connectivity index (χ3n) is 3.60. The second-order valence-electron chi connectivity index (χ2n) is 4.64. The van der Waals surface area contributed by atoms with Crippen molar-refractivity contribution in [3.63, 3.8) is 0 Å². The number of nitrogens with zero attached hydrogens (tertiary/aromatic N) is 1. The Balaban J connectivity index is 2.11. The molecule has 1 nitrogen and oxygen atoms in total. The lowest BCUT2D eigenvalue weighted by molar-refractivity contribution is -0.514. The second-order valence-corrected chi connectivity index (χ2v) is 4.64. The molecule has 1 aliphatic carbocycles. The monoisotopic (exact) mass is 198 g/mol. The van der Waals surface area contributed by atoms with Crippen molar-refractivity contribution in [2.45, 2.75) is 19.4 Å². The fraction of sp³-hybridized carbons (Fsp3) is 0.357. The van der Waals surface area contributed by atoms with Crippen LogP contribution in [0.3, 0.4) is 0 Å². The number of benzene rings is 1. The minimum Gasteiger partial charge on any atom is -0.229 e. The molecule has 2 aliphatic rings. The van der Waals surface area contributed by atoms with Crippen molar-refractivity contribution in [1.82, 2.24) is 0 Å². The zero-order valence-corrected chi connectivity index (χ0v) is 9.27. The van der Waals surface area contributed by atoms with Crippen molar-refractivity contribution in [3.8, 4) is 0 Å². The molecular formula is C14H16N+. The van der Waals surface area contributed by atoms with Gasteiger partial charge >= 0.3 is 0 Å². The summed E-state index contributed by atoms with van der Waals surface area (Å²) in [5.41, 5.74) is 4.12. The van der Waals surface area contributed by atoms with Crippen LogP contribution in [0.25, 0.3) is 0 Å². The van der Waals surface area contributed by atoms with Gasteiger partial charge in [-0.05, 0) is 18.6 Å². The minimum atomic E-state index is 0.768. The van der Waals surface area contributed by atoms with E-state index in [1.807, 2.05) is 0 Å². The molecule has 1 aromatic carbocycles. The van der Waals surface area contributed by atoms with Crippen LogP contribution in [0, 0.1) is 12.8 Å². The molecule has 1 aliphatic heterocycles. The van der Waals surface area contributed by atoms with E-state index in [2.05, 4.69) is 55.0 Å². The summed E-state index contributed by atoms with van der Waals surface area (Å²) in [7, 11) is 2.22. The molecule has 0 spiro atoms. The summed E-state index contributed by atoms with van der Waals surface area (Å²) in [6, 6.07) is 9.39. The number of allylic oxidation sites excluding steroid dienone is 1. The Hall–Kier alpha value is -1.37. The summed E-state index contributed by atoms with van der Waals surface area (Å²) >= 11 is 0. The van der Waals surface area contributed by atoms with Gasteiger partial charge in [-0.2, -0.15) is 0 Å². The highest BCUT2D eigenvalue weighted by atomic mass is 15.1. The highest BCUT2D eigenvalue weighted by Gasteiger charge is 2.46. The molecule has 0 amide bonds. The van der Waals surface area contributed by atoms with Gasteiger partial charge in [-0.3, -0.25) is 0 Å². The van der Waals surface area contributed by atoms with Crippen molar-refractivity contribution in [1.29, 1.82) is 0 Å². The van der Waals surface area contributed by atoms with Gasteiger partial charge in [0.05, 0.1) is 0 Å². The average molecular weight is 198 g/mol. The van der Waals surface area contributed by atoms with Gasteiger partial charge in [-0.1, -0.05) is 24.3 Å². The maximum atomic E-state index is 2.44. The Morgan fingerprint density at radius 2 is 2.07 bits per heavy atom. The molecule has 76 valence electrons. The van der Waals surface area contributed by atoms with Gasteiger partial charge in [0.2, 0.25) is 5.71 Å². The predicted molar refractivity (Wildman–Crippen MR) is 62.5 cm³/mol. The molecule has 0 radical (unpaired) electrons. The van der Waals surface area contributed by atoms with Gasteiger partial charge in [-0.15, -0.1) is 0 Å². The smallest absolute Gasteiger partial charge is 0.207 e. The van der Waals surface area contributed by atoms with Crippen molar-refractivity contribution >= 4 is 5.71 Å². The van der Waals surface area contributed by atoms with Crippen molar-refractivity contribution in [2.75, 3.05) is 7.05 Å². The van der Waals surface area contributed by atoms with Gasteiger partial charge in [0.25, 0.3) is 0 Å². The fourth-order valence-electron chi connectivity index (χ4n) is 2.50. The van der Waals surface area contributed by atoms with E-state index in [0.29, 0.717) is 0 Å². The first-order valence-electron chi connectivity index (χ1n) is 5.61. The Morgan fingerprint density at radius 1 is 1.27 bits per heavy atom. The normalized spacial score (nSPS) is 27.9. The molecule has 0 bridgehead atoms. The Morgan fingerprint density at radius 3 is 2.87 bits per heavy atom. The highest BCUT2D eigenvalue weighted by Crippen LogP contribution is 2.37. The molecule has 1 heterocycles. The number of aryl methyl sites for hydroxylation is 1. The summed E-state index contributed by atoms with van der Waals surface area (Å²) in [5.74, 6) is 0.822. The molecule has 1 fully saturated rings. The number of hydrogen-bond acceptors (Lipinski definition) is 0. The topological polar surface area (TPSA) is 3.01 Å². The van der Waals surface area contributed by atoms with Crippen LogP contribution in [-0.2, 0) is 0 Å². The van der Waals surface area contributed by atoms with Crippen LogP contribution in [0.15, 0.2) is 36.4 Å². The van der Waals surface area contributed by atoms with E-state index in [4.69, 9.17) is 0 Å². The number of rotatable bonds is 1. The zero-order chi connectivity index (χ0) is 10.4. The maximum Gasteiger partial charge on any atom is 0.207 e. The molecule has 0 aromatic heterocycles. The van der Waals surface area contributed by atoms with Crippen LogP contribution in [-0.4, -0.2) is 23.4 Å². The quantitative estimate of drug-likeness (QED) is 0.609. The highest BCUT2D eigenvalue weighted by molar-refractivity contribution is 6.06. The first-order chi connectivity index (χ1) is 7.27. The van der Waals surface area contributed by atoms with E-state index in [1.54, 1.807) is 0 Å². The third-order valence-corrected chi connectivity index (χ3v) is 3.60. The van der Waals surface area contributed by atoms with Crippen molar-refractivity contribution < 1.29 is 4.58 Å². The molecule has 0 saturated heterocycles. The summed E-state index contributed by atoms with van der Waals surface area (Å²) in [6.45, 7) is 2.18. The first kappa shape index (κ1) is 8.90. The van der Waals surface area contributed by atoms with Crippen LogP contribution in [0.5, 0.6) is 0 Å². The Labute approximate surface area is 90.8 Å². The van der Waals surface area contributed by atoms with Crippen LogP contribution in [0.2, 0.25) is 0 Å². The largest absolute Gasteiger partial charge is 0.229 e. The van der Waals surface area contributed by atoms with Gasteiger partial charge in [-0.25, -0.2) is 4.58 Å². The molecule has 1 aromatic rings. The predicted octanol–water partition coefficient (Wildman–Crippen LogP) is 2.38. The number of fused-ring (bicyclic) bond motifs is 1. The Bertz CT molecular complexity index is 468. The van der Waals surface area contributed by atoms with E-state index in [9.17, 15) is 0 Å². The fourth-order valence-corrected chi connectivity index (χ4v) is 2.50. The maximum absolute atomic E-state index is 2.44. The van der Waals surface area contributed by atoms with E-state index >= 15 is 0 Å². The lowest BCUT2D eigenvalue weighted by Crippen LogP contribution is -2.23. The second kappa shape index (κ2) is 3.06. The van der Waals surface area contributed by atoms with Gasteiger partial charge in [0.15, 0.2) is 6.04 Å². The van der Waals surface area contributed by atoms with E-state index in [0.717, 1.165) is 12.0 Å². The molecule has 15 heavy (non-hydrogen) atoms. The SMILES string of the molecule is Cc1ccccc1C1=[N+](C)C2CC2C=C1. The van der Waals surface area contributed by atoms with Crippen molar-refractivity contribution in [2.24, 2.45) is 5.92 Å². The summed E-state index contributed by atoms with van der Waals surface area (Å²) < 4.78 is 2.44. The van der Waals surface area contributed by atoms with E-state index < -0.39 is 0 Å². The van der Waals surface area contributed by atoms with E-state index in [-0.39, 0.29) is 0 Å². The van der Waals surface area contributed by atoms with Crippen LogP contribution in [0.1, 0.15) is 17.5 Å². The first-order valence-corrected chi connectivity index (χ1v) is 5.61. The molecule has 3 rings (SSSR count). The molecule has 2 unspecified atom stereocenters. The minimum absolute atomic E-state index is 0.768. The zero-order valence-electron chi connectivity index (χ0n) is 9.27. The lowest BCUT2D eigenvalue weighted by Gasteiger charge is -2.08. The molecule has 1 heteroatoms. The summed E-state index contributed by atoms with van der Waals surface area (Å²) in [6.07, 6.45) is 5.99. The third kappa shape index (κ3) is 1.34. The molecule has 1 saturated carbocycles. The van der Waals surface area contributed by atoms with Crippen molar-refractivity contribution in [3.05, 3.63) is 47.5 Å². The Kier molecular flexibility index (Phi) is 1.82. The standard InChI is InChI=1S/C14H16N/c1-10-5-3-4-6-12(10)13-8-7-11-9-14(11)15(13)2/h3-8,11,14H,9H2,1-2H3/q+1. The molecular weight excluding hydrogens is 182 g/mol. The average Bonchev–Trinajstić information content (AvgIpc) is 3.00. The lowest BCUT2D eigenvalue weighted by atomic mass is 10.0. The number of hydrogen-bond donors (Lipinski definition) is 0.